The Hall–Kier alpha value is -1.02. The number of halogens is 1. The van der Waals surface area contributed by atoms with E-state index in [1.165, 1.54) is 0 Å². The number of carbonyl (C=O) groups excluding carboxylic acids is 1. The van der Waals surface area contributed by atoms with Crippen LogP contribution in [0.15, 0.2) is 6.07 Å². The lowest BCUT2D eigenvalue weighted by Crippen LogP contribution is -1.97. The summed E-state index contributed by atoms with van der Waals surface area (Å²) in [5.74, 6) is 0.696. The van der Waals surface area contributed by atoms with Crippen LogP contribution in [0, 0.1) is 13.8 Å². The van der Waals surface area contributed by atoms with Gasteiger partial charge < -0.3 is 9.53 Å². The van der Waals surface area contributed by atoms with E-state index in [1.807, 2.05) is 19.9 Å². The Labute approximate surface area is 95.2 Å². The van der Waals surface area contributed by atoms with Crippen LogP contribution in [-0.2, 0) is 11.2 Å². The Morgan fingerprint density at radius 3 is 2.67 bits per heavy atom. The van der Waals surface area contributed by atoms with Crippen LogP contribution >= 0.6 is 11.6 Å². The first-order valence-corrected chi connectivity index (χ1v) is 5.25. The molecule has 82 valence electrons. The molecule has 0 bridgehead atoms. The maximum atomic E-state index is 10.3. The van der Waals surface area contributed by atoms with E-state index in [4.69, 9.17) is 16.3 Å². The largest absolute Gasteiger partial charge is 0.495 e. The molecule has 0 aliphatic heterocycles. The number of carbonyl (C=O) groups is 1. The van der Waals surface area contributed by atoms with Gasteiger partial charge in [-0.25, -0.2) is 0 Å². The molecule has 0 radical (unpaired) electrons. The van der Waals surface area contributed by atoms with Crippen LogP contribution in [0.4, 0.5) is 0 Å². The maximum Gasteiger partial charge on any atom is 0.140 e. The van der Waals surface area contributed by atoms with Crippen LogP contribution in [0.2, 0.25) is 5.02 Å². The molecule has 0 unspecified atom stereocenters. The lowest BCUT2D eigenvalue weighted by atomic mass is 10.0. The van der Waals surface area contributed by atoms with Crippen molar-refractivity contribution < 1.29 is 9.53 Å². The number of aryl methyl sites for hydroxylation is 2. The van der Waals surface area contributed by atoms with Crippen LogP contribution in [-0.4, -0.2) is 13.4 Å². The summed E-state index contributed by atoms with van der Waals surface area (Å²) in [7, 11) is 1.60. The van der Waals surface area contributed by atoms with Crippen molar-refractivity contribution in [2.24, 2.45) is 0 Å². The summed E-state index contributed by atoms with van der Waals surface area (Å²) in [5.41, 5.74) is 3.16. The van der Waals surface area contributed by atoms with E-state index >= 15 is 0 Å². The average Bonchev–Trinajstić information content (AvgIpc) is 2.23. The minimum absolute atomic E-state index is 0.495. The highest BCUT2D eigenvalue weighted by atomic mass is 35.5. The number of benzene rings is 1. The zero-order valence-corrected chi connectivity index (χ0v) is 10.0. The Morgan fingerprint density at radius 2 is 2.13 bits per heavy atom. The van der Waals surface area contributed by atoms with Crippen LogP contribution in [0.1, 0.15) is 23.1 Å². The number of rotatable bonds is 4. The summed E-state index contributed by atoms with van der Waals surface area (Å²) in [6.07, 6.45) is 2.07. The summed E-state index contributed by atoms with van der Waals surface area (Å²) in [6, 6.07) is 2.03. The fraction of sp³-hybridized carbons (Fsp3) is 0.417. The molecule has 1 aromatic rings. The van der Waals surface area contributed by atoms with E-state index in [-0.39, 0.29) is 0 Å². The molecule has 0 atom stereocenters. The smallest absolute Gasteiger partial charge is 0.140 e. The Balaban J connectivity index is 3.19. The van der Waals surface area contributed by atoms with Crippen molar-refractivity contribution in [3.8, 4) is 5.75 Å². The topological polar surface area (TPSA) is 26.3 Å². The minimum Gasteiger partial charge on any atom is -0.495 e. The van der Waals surface area contributed by atoms with Gasteiger partial charge >= 0.3 is 0 Å². The Morgan fingerprint density at radius 1 is 1.47 bits per heavy atom. The molecule has 0 aromatic heterocycles. The summed E-state index contributed by atoms with van der Waals surface area (Å²) in [5, 5.41) is 0.651. The highest BCUT2D eigenvalue weighted by Gasteiger charge is 2.12. The van der Waals surface area contributed by atoms with Crippen molar-refractivity contribution in [3.63, 3.8) is 0 Å². The van der Waals surface area contributed by atoms with E-state index in [0.717, 1.165) is 23.0 Å². The fourth-order valence-electron chi connectivity index (χ4n) is 1.54. The van der Waals surface area contributed by atoms with Crippen molar-refractivity contribution in [3.05, 3.63) is 27.8 Å². The summed E-state index contributed by atoms with van der Waals surface area (Å²) < 4.78 is 5.26. The first-order chi connectivity index (χ1) is 7.11. The van der Waals surface area contributed by atoms with Gasteiger partial charge in [-0.1, -0.05) is 17.7 Å². The minimum atomic E-state index is 0.495. The molecular formula is C12H15ClO2. The fourth-order valence-corrected chi connectivity index (χ4v) is 1.89. The molecule has 0 aliphatic rings. The number of hydrogen-bond acceptors (Lipinski definition) is 2. The molecule has 15 heavy (non-hydrogen) atoms. The highest BCUT2D eigenvalue weighted by Crippen LogP contribution is 2.34. The zero-order chi connectivity index (χ0) is 11.4. The van der Waals surface area contributed by atoms with Gasteiger partial charge in [0.05, 0.1) is 12.1 Å². The SMILES string of the molecule is COc1c(CCC=O)cc(C)c(C)c1Cl. The molecule has 0 fully saturated rings. The molecule has 0 aliphatic carbocycles. The molecule has 0 saturated heterocycles. The standard InChI is InChI=1S/C12H15ClO2/c1-8-7-10(5-4-6-14)12(15-3)11(13)9(8)2/h6-7H,4-5H2,1-3H3. The second-order valence-electron chi connectivity index (χ2n) is 3.53. The van der Waals surface area contributed by atoms with E-state index in [9.17, 15) is 4.79 Å². The molecule has 1 rings (SSSR count). The molecule has 0 saturated carbocycles. The number of ether oxygens (including phenoxy) is 1. The van der Waals surface area contributed by atoms with Crippen molar-refractivity contribution in [2.45, 2.75) is 26.7 Å². The van der Waals surface area contributed by atoms with E-state index < -0.39 is 0 Å². The van der Waals surface area contributed by atoms with Crippen LogP contribution in [0.3, 0.4) is 0 Å². The number of hydrogen-bond donors (Lipinski definition) is 0. The molecule has 2 nitrogen and oxygen atoms in total. The van der Waals surface area contributed by atoms with E-state index in [0.29, 0.717) is 23.6 Å². The predicted molar refractivity (Wildman–Crippen MR) is 61.9 cm³/mol. The van der Waals surface area contributed by atoms with Gasteiger partial charge in [0.15, 0.2) is 0 Å². The third-order valence-electron chi connectivity index (χ3n) is 2.54. The second-order valence-corrected chi connectivity index (χ2v) is 3.91. The second kappa shape index (κ2) is 5.17. The highest BCUT2D eigenvalue weighted by molar-refractivity contribution is 6.33. The zero-order valence-electron chi connectivity index (χ0n) is 9.26. The van der Waals surface area contributed by atoms with Crippen molar-refractivity contribution >= 4 is 17.9 Å². The first kappa shape index (κ1) is 12.1. The van der Waals surface area contributed by atoms with Crippen LogP contribution < -0.4 is 4.74 Å². The Kier molecular flexibility index (Phi) is 4.15. The van der Waals surface area contributed by atoms with Crippen molar-refractivity contribution in [1.29, 1.82) is 0 Å². The van der Waals surface area contributed by atoms with E-state index in [2.05, 4.69) is 0 Å². The molecular weight excluding hydrogens is 212 g/mol. The summed E-state index contributed by atoms with van der Waals surface area (Å²) in [6.45, 7) is 3.97. The third kappa shape index (κ3) is 2.51. The van der Waals surface area contributed by atoms with Crippen molar-refractivity contribution in [1.82, 2.24) is 0 Å². The Bertz CT molecular complexity index is 372. The monoisotopic (exact) mass is 226 g/mol. The third-order valence-corrected chi connectivity index (χ3v) is 2.99. The lowest BCUT2D eigenvalue weighted by Gasteiger charge is -2.13. The molecule has 1 aromatic carbocycles. The van der Waals surface area contributed by atoms with Gasteiger partial charge in [-0.3, -0.25) is 0 Å². The van der Waals surface area contributed by atoms with Gasteiger partial charge in [-0.05, 0) is 37.0 Å². The molecule has 0 heterocycles. The number of methoxy groups -OCH3 is 1. The summed E-state index contributed by atoms with van der Waals surface area (Å²) >= 11 is 6.17. The number of aldehydes is 1. The summed E-state index contributed by atoms with van der Waals surface area (Å²) in [4.78, 5) is 10.3. The molecule has 3 heteroatoms. The average molecular weight is 227 g/mol. The molecule has 0 amide bonds. The normalized spacial score (nSPS) is 10.1. The van der Waals surface area contributed by atoms with Crippen molar-refractivity contribution in [2.75, 3.05) is 7.11 Å². The van der Waals surface area contributed by atoms with Gasteiger partial charge in [-0.2, -0.15) is 0 Å². The van der Waals surface area contributed by atoms with Crippen LogP contribution in [0.25, 0.3) is 0 Å². The van der Waals surface area contributed by atoms with Crippen LogP contribution in [0.5, 0.6) is 5.75 Å². The molecule has 0 N–H and O–H groups in total. The predicted octanol–water partition coefficient (Wildman–Crippen LogP) is 3.10. The van der Waals surface area contributed by atoms with Gasteiger partial charge in [0.25, 0.3) is 0 Å². The van der Waals surface area contributed by atoms with Gasteiger partial charge in [-0.15, -0.1) is 0 Å². The first-order valence-electron chi connectivity index (χ1n) is 4.88. The van der Waals surface area contributed by atoms with Gasteiger partial charge in [0.1, 0.15) is 12.0 Å². The van der Waals surface area contributed by atoms with Gasteiger partial charge in [0.2, 0.25) is 0 Å². The maximum absolute atomic E-state index is 10.3. The quantitative estimate of drug-likeness (QED) is 0.738. The molecule has 0 spiro atoms. The lowest BCUT2D eigenvalue weighted by molar-refractivity contribution is -0.107. The van der Waals surface area contributed by atoms with Gasteiger partial charge in [0, 0.05) is 6.42 Å². The van der Waals surface area contributed by atoms with E-state index in [1.54, 1.807) is 7.11 Å².